The summed E-state index contributed by atoms with van der Waals surface area (Å²) in [5, 5.41) is 4.89. The lowest BCUT2D eigenvalue weighted by molar-refractivity contribution is -0.135. The highest BCUT2D eigenvalue weighted by molar-refractivity contribution is 6.05. The molecule has 1 atom stereocenters. The minimum absolute atomic E-state index is 0.146. The van der Waals surface area contributed by atoms with Crippen molar-refractivity contribution in [1.29, 1.82) is 0 Å². The highest BCUT2D eigenvalue weighted by Crippen LogP contribution is 2.39. The zero-order chi connectivity index (χ0) is 25.3. The summed E-state index contributed by atoms with van der Waals surface area (Å²) in [5.74, 6) is 2.10. The van der Waals surface area contributed by atoms with Crippen LogP contribution in [0, 0.1) is 13.8 Å². The zero-order valence-electron chi connectivity index (χ0n) is 20.9. The topological polar surface area (TPSA) is 78.4 Å². The molecule has 0 saturated heterocycles. The van der Waals surface area contributed by atoms with Gasteiger partial charge in [0.05, 0.1) is 54.8 Å². The molecule has 3 aromatic heterocycles. The van der Waals surface area contributed by atoms with Crippen molar-refractivity contribution in [2.75, 3.05) is 26.8 Å². The fourth-order valence-corrected chi connectivity index (χ4v) is 4.60. The molecule has 0 saturated carbocycles. The van der Waals surface area contributed by atoms with Gasteiger partial charge in [0, 0.05) is 10.9 Å². The molecule has 0 aliphatic heterocycles. The number of fused-ring (bicyclic) bond motifs is 3. The van der Waals surface area contributed by atoms with Gasteiger partial charge >= 0.3 is 6.61 Å². The van der Waals surface area contributed by atoms with Crippen molar-refractivity contribution in [3.8, 4) is 16.9 Å². The SMILES string of the molecule is CCN(CC)Cc1nc2cnc3cc(-c4c(C)noc4C)c(OC)cc3c2n1[C@H](C)COC(F)F. The Morgan fingerprint density at radius 2 is 1.89 bits per heavy atom. The van der Waals surface area contributed by atoms with Gasteiger partial charge in [-0.05, 0) is 46.0 Å². The normalized spacial score (nSPS) is 13.0. The fraction of sp³-hybridized carbons (Fsp3) is 0.480. The minimum Gasteiger partial charge on any atom is -0.496 e. The average molecular weight is 488 g/mol. The van der Waals surface area contributed by atoms with Crippen LogP contribution in [-0.2, 0) is 11.3 Å². The number of aromatic nitrogens is 4. The molecule has 1 aromatic carbocycles. The summed E-state index contributed by atoms with van der Waals surface area (Å²) in [5.41, 5.74) is 4.67. The summed E-state index contributed by atoms with van der Waals surface area (Å²) in [6.07, 6.45) is 1.73. The van der Waals surface area contributed by atoms with E-state index in [0.717, 1.165) is 52.2 Å². The second kappa shape index (κ2) is 10.2. The first-order chi connectivity index (χ1) is 16.8. The monoisotopic (exact) mass is 487 g/mol. The van der Waals surface area contributed by atoms with Crippen LogP contribution < -0.4 is 4.74 Å². The van der Waals surface area contributed by atoms with Gasteiger partial charge in [-0.25, -0.2) is 4.98 Å². The Balaban J connectivity index is 1.96. The molecule has 3 heterocycles. The smallest absolute Gasteiger partial charge is 0.345 e. The first-order valence-corrected chi connectivity index (χ1v) is 11.7. The number of alkyl halides is 2. The van der Waals surface area contributed by atoms with E-state index in [-0.39, 0.29) is 12.6 Å². The van der Waals surface area contributed by atoms with Gasteiger partial charge in [0.15, 0.2) is 0 Å². The molecule has 4 rings (SSSR count). The highest BCUT2D eigenvalue weighted by Gasteiger charge is 2.23. The Morgan fingerprint density at radius 3 is 2.49 bits per heavy atom. The summed E-state index contributed by atoms with van der Waals surface area (Å²) in [6, 6.07) is 3.49. The molecule has 0 amide bonds. The number of hydrogen-bond acceptors (Lipinski definition) is 7. The average Bonchev–Trinajstić information content (AvgIpc) is 3.38. The summed E-state index contributed by atoms with van der Waals surface area (Å²) in [7, 11) is 1.61. The minimum atomic E-state index is -2.84. The summed E-state index contributed by atoms with van der Waals surface area (Å²) in [6.45, 7) is 9.04. The maximum absolute atomic E-state index is 12.9. The van der Waals surface area contributed by atoms with Crippen molar-refractivity contribution in [3.63, 3.8) is 0 Å². The van der Waals surface area contributed by atoms with Crippen LogP contribution in [0.4, 0.5) is 8.78 Å². The van der Waals surface area contributed by atoms with Gasteiger partial charge in [0.25, 0.3) is 0 Å². The molecular formula is C25H31F2N5O3. The van der Waals surface area contributed by atoms with E-state index in [9.17, 15) is 8.78 Å². The molecule has 8 nitrogen and oxygen atoms in total. The second-order valence-corrected chi connectivity index (χ2v) is 8.56. The van der Waals surface area contributed by atoms with Crippen molar-refractivity contribution in [2.45, 2.75) is 53.8 Å². The standard InChI is InChI=1S/C25H31F2N5O3/c1-7-31(8-2)12-22-29-20-11-28-19-9-18(23-15(4)30-35-16(23)5)21(33-6)10-17(19)24(20)32(22)14(3)13-34-25(26)27/h9-11,14,25H,7-8,12-13H2,1-6H3/t14-/m1/s1. The van der Waals surface area contributed by atoms with Crippen LogP contribution in [0.25, 0.3) is 33.1 Å². The lowest BCUT2D eigenvalue weighted by Gasteiger charge is -2.22. The first kappa shape index (κ1) is 25.0. The quantitative estimate of drug-likeness (QED) is 0.292. The maximum Gasteiger partial charge on any atom is 0.345 e. The van der Waals surface area contributed by atoms with E-state index in [4.69, 9.17) is 14.2 Å². The molecule has 0 aliphatic rings. The Labute approximate surface area is 202 Å². The molecule has 35 heavy (non-hydrogen) atoms. The Hall–Kier alpha value is -3.11. The molecule has 0 aliphatic carbocycles. The number of pyridine rings is 1. The number of ether oxygens (including phenoxy) is 2. The molecule has 188 valence electrons. The van der Waals surface area contributed by atoms with Crippen LogP contribution in [0.5, 0.6) is 5.75 Å². The van der Waals surface area contributed by atoms with Gasteiger partial charge in [0.1, 0.15) is 22.9 Å². The largest absolute Gasteiger partial charge is 0.496 e. The third kappa shape index (κ3) is 4.72. The molecule has 0 fully saturated rings. The lowest BCUT2D eigenvalue weighted by Crippen LogP contribution is -2.26. The van der Waals surface area contributed by atoms with Crippen LogP contribution in [0.2, 0.25) is 0 Å². The molecule has 0 spiro atoms. The molecule has 10 heteroatoms. The molecule has 4 aromatic rings. The van der Waals surface area contributed by atoms with E-state index in [2.05, 4.69) is 33.6 Å². The number of rotatable bonds is 10. The van der Waals surface area contributed by atoms with Crippen molar-refractivity contribution >= 4 is 21.9 Å². The number of hydrogen-bond donors (Lipinski definition) is 0. The summed E-state index contributed by atoms with van der Waals surface area (Å²) < 4.78 is 43.6. The van der Waals surface area contributed by atoms with Gasteiger partial charge < -0.3 is 18.6 Å². The lowest BCUT2D eigenvalue weighted by atomic mass is 10.0. The second-order valence-electron chi connectivity index (χ2n) is 8.56. The first-order valence-electron chi connectivity index (χ1n) is 11.7. The van der Waals surface area contributed by atoms with E-state index in [0.29, 0.717) is 23.6 Å². The number of halogens is 2. The van der Waals surface area contributed by atoms with E-state index in [1.807, 2.05) is 37.5 Å². The number of benzene rings is 1. The summed E-state index contributed by atoms with van der Waals surface area (Å²) in [4.78, 5) is 11.8. The highest BCUT2D eigenvalue weighted by atomic mass is 19.3. The third-order valence-corrected chi connectivity index (χ3v) is 6.38. The van der Waals surface area contributed by atoms with Gasteiger partial charge in [-0.15, -0.1) is 0 Å². The Morgan fingerprint density at radius 1 is 1.14 bits per heavy atom. The fourth-order valence-electron chi connectivity index (χ4n) is 4.60. The van der Waals surface area contributed by atoms with E-state index < -0.39 is 6.61 Å². The van der Waals surface area contributed by atoms with Crippen molar-refractivity contribution in [2.24, 2.45) is 0 Å². The van der Waals surface area contributed by atoms with Gasteiger partial charge in [-0.3, -0.25) is 9.88 Å². The van der Waals surface area contributed by atoms with Gasteiger partial charge in [-0.2, -0.15) is 8.78 Å². The van der Waals surface area contributed by atoms with Crippen LogP contribution in [-0.4, -0.2) is 58.0 Å². The molecule has 0 unspecified atom stereocenters. The number of methoxy groups -OCH3 is 1. The van der Waals surface area contributed by atoms with Crippen LogP contribution >= 0.6 is 0 Å². The summed E-state index contributed by atoms with van der Waals surface area (Å²) >= 11 is 0. The molecular weight excluding hydrogens is 456 g/mol. The number of nitrogens with zero attached hydrogens (tertiary/aromatic N) is 5. The van der Waals surface area contributed by atoms with Crippen molar-refractivity contribution in [3.05, 3.63) is 35.6 Å². The van der Waals surface area contributed by atoms with Gasteiger partial charge in [0.2, 0.25) is 0 Å². The molecule has 0 bridgehead atoms. The van der Waals surface area contributed by atoms with E-state index in [1.54, 1.807) is 13.3 Å². The predicted molar refractivity (Wildman–Crippen MR) is 130 cm³/mol. The van der Waals surface area contributed by atoms with Crippen molar-refractivity contribution in [1.82, 2.24) is 24.6 Å². The van der Waals surface area contributed by atoms with Crippen LogP contribution in [0.1, 0.15) is 44.1 Å². The third-order valence-electron chi connectivity index (χ3n) is 6.38. The number of aryl methyl sites for hydroxylation is 2. The van der Waals surface area contributed by atoms with Crippen LogP contribution in [0.15, 0.2) is 22.9 Å². The predicted octanol–water partition coefficient (Wildman–Crippen LogP) is 5.51. The van der Waals surface area contributed by atoms with Crippen LogP contribution in [0.3, 0.4) is 0 Å². The van der Waals surface area contributed by atoms with Gasteiger partial charge in [-0.1, -0.05) is 19.0 Å². The van der Waals surface area contributed by atoms with Crippen molar-refractivity contribution < 1.29 is 22.8 Å². The van der Waals surface area contributed by atoms with E-state index >= 15 is 0 Å². The maximum atomic E-state index is 12.9. The molecule has 0 N–H and O–H groups in total. The zero-order valence-corrected chi connectivity index (χ0v) is 20.9. The Kier molecular flexibility index (Phi) is 7.32. The molecule has 0 radical (unpaired) electrons. The van der Waals surface area contributed by atoms with E-state index in [1.165, 1.54) is 0 Å². The Bertz CT molecular complexity index is 1310. The number of imidazole rings is 1.